The number of nitrogens with zero attached hydrogens (tertiary/aromatic N) is 2. The van der Waals surface area contributed by atoms with E-state index in [2.05, 4.69) is 45.8 Å². The first-order valence-corrected chi connectivity index (χ1v) is 7.09. The Balaban J connectivity index is 1.61. The highest BCUT2D eigenvalue weighted by Crippen LogP contribution is 2.10. The molecule has 0 saturated carbocycles. The van der Waals surface area contributed by atoms with Crippen molar-refractivity contribution in [1.82, 2.24) is 14.5 Å². The van der Waals surface area contributed by atoms with Gasteiger partial charge in [0.2, 0.25) is 11.9 Å². The Morgan fingerprint density at radius 2 is 2.00 bits per heavy atom. The molecule has 0 aliphatic rings. The third-order valence-corrected chi connectivity index (χ3v) is 3.46. The van der Waals surface area contributed by atoms with Crippen LogP contribution >= 0.6 is 0 Å². The molecule has 0 fully saturated rings. The van der Waals surface area contributed by atoms with Crippen molar-refractivity contribution < 1.29 is 4.79 Å². The van der Waals surface area contributed by atoms with Crippen LogP contribution in [0.2, 0.25) is 0 Å². The number of hydrogen-bond donors (Lipinski definition) is 2. The average Bonchev–Trinajstić information content (AvgIpc) is 3.02. The predicted octanol–water partition coefficient (Wildman–Crippen LogP) is 3.03. The molecule has 0 spiro atoms. The molecule has 0 radical (unpaired) electrons. The zero-order valence-corrected chi connectivity index (χ0v) is 12.1. The molecule has 20 heavy (non-hydrogen) atoms. The summed E-state index contributed by atoms with van der Waals surface area (Å²) >= 11 is 0. The first-order chi connectivity index (χ1) is 9.66. The minimum absolute atomic E-state index is 0.0216. The van der Waals surface area contributed by atoms with E-state index in [-0.39, 0.29) is 5.91 Å². The van der Waals surface area contributed by atoms with Crippen LogP contribution in [0.25, 0.3) is 0 Å². The second kappa shape index (κ2) is 6.93. The molecule has 0 atom stereocenters. The molecular weight excluding hydrogens is 252 g/mol. The summed E-state index contributed by atoms with van der Waals surface area (Å²) in [5.41, 5.74) is 2.61. The van der Waals surface area contributed by atoms with Gasteiger partial charge in [-0.05, 0) is 38.8 Å². The fourth-order valence-corrected chi connectivity index (χ4v) is 2.31. The van der Waals surface area contributed by atoms with E-state index >= 15 is 0 Å². The maximum Gasteiger partial charge on any atom is 0.226 e. The number of imidazole rings is 1. The van der Waals surface area contributed by atoms with E-state index in [0.29, 0.717) is 12.4 Å². The van der Waals surface area contributed by atoms with Crippen molar-refractivity contribution in [1.29, 1.82) is 0 Å². The molecule has 0 aliphatic carbocycles. The van der Waals surface area contributed by atoms with Crippen molar-refractivity contribution in [3.63, 3.8) is 0 Å². The maximum atomic E-state index is 11.6. The van der Waals surface area contributed by atoms with E-state index in [4.69, 9.17) is 0 Å². The van der Waals surface area contributed by atoms with Gasteiger partial charge in [-0.15, -0.1) is 0 Å². The number of amides is 1. The number of hydrogen-bond acceptors (Lipinski definition) is 2. The zero-order chi connectivity index (χ0) is 14.4. The van der Waals surface area contributed by atoms with E-state index in [1.165, 1.54) is 11.4 Å². The van der Waals surface area contributed by atoms with Crippen molar-refractivity contribution >= 4 is 11.9 Å². The van der Waals surface area contributed by atoms with Gasteiger partial charge in [0, 0.05) is 36.7 Å². The van der Waals surface area contributed by atoms with E-state index < -0.39 is 0 Å². The van der Waals surface area contributed by atoms with Crippen molar-refractivity contribution in [2.45, 2.75) is 46.1 Å². The van der Waals surface area contributed by atoms with E-state index in [1.807, 2.05) is 0 Å². The van der Waals surface area contributed by atoms with Gasteiger partial charge >= 0.3 is 0 Å². The highest BCUT2D eigenvalue weighted by molar-refractivity contribution is 5.88. The van der Waals surface area contributed by atoms with Crippen LogP contribution in [0, 0.1) is 13.8 Å². The monoisotopic (exact) mass is 274 g/mol. The topological polar surface area (TPSA) is 62.7 Å². The van der Waals surface area contributed by atoms with Crippen LogP contribution < -0.4 is 5.32 Å². The first-order valence-electron chi connectivity index (χ1n) is 7.09. The summed E-state index contributed by atoms with van der Waals surface area (Å²) < 4.78 is 2.32. The fraction of sp³-hybridized carbons (Fsp3) is 0.467. The lowest BCUT2D eigenvalue weighted by Crippen LogP contribution is -2.12. The molecule has 5 heteroatoms. The Kier molecular flexibility index (Phi) is 4.98. The van der Waals surface area contributed by atoms with Gasteiger partial charge in [0.1, 0.15) is 0 Å². The van der Waals surface area contributed by atoms with Crippen molar-refractivity contribution in [2.24, 2.45) is 0 Å². The summed E-state index contributed by atoms with van der Waals surface area (Å²) in [4.78, 5) is 18.5. The number of anilines is 1. The standard InChI is InChI=1S/C15H22N4O/c1-12-7-8-13(2)19(12)11-5-3-4-6-14(20)18-15-16-9-10-17-15/h7-10H,3-6,11H2,1-2H3,(H2,16,17,18,20). The molecule has 0 bridgehead atoms. The number of rotatable bonds is 7. The average molecular weight is 274 g/mol. The number of unbranched alkanes of at least 4 members (excludes halogenated alkanes) is 2. The maximum absolute atomic E-state index is 11.6. The molecule has 2 heterocycles. The molecule has 2 aromatic rings. The van der Waals surface area contributed by atoms with Gasteiger partial charge in [0.15, 0.2) is 0 Å². The van der Waals surface area contributed by atoms with Gasteiger partial charge < -0.3 is 9.55 Å². The fourth-order valence-electron chi connectivity index (χ4n) is 2.31. The van der Waals surface area contributed by atoms with Crippen LogP contribution in [0.4, 0.5) is 5.95 Å². The highest BCUT2D eigenvalue weighted by atomic mass is 16.1. The second-order valence-corrected chi connectivity index (χ2v) is 5.06. The number of carbonyl (C=O) groups excluding carboxylic acids is 1. The number of aromatic nitrogens is 3. The normalized spacial score (nSPS) is 10.7. The van der Waals surface area contributed by atoms with Crippen molar-refractivity contribution in [2.75, 3.05) is 5.32 Å². The lowest BCUT2D eigenvalue weighted by atomic mass is 10.2. The summed E-state index contributed by atoms with van der Waals surface area (Å²) in [5.74, 6) is 0.543. The SMILES string of the molecule is Cc1ccc(C)n1CCCCCC(=O)Nc1ncc[nH]1. The third kappa shape index (κ3) is 3.98. The Morgan fingerprint density at radius 3 is 2.65 bits per heavy atom. The van der Waals surface area contributed by atoms with Gasteiger partial charge in [0.05, 0.1) is 0 Å². The summed E-state index contributed by atoms with van der Waals surface area (Å²) in [5, 5.41) is 2.73. The zero-order valence-electron chi connectivity index (χ0n) is 12.1. The summed E-state index contributed by atoms with van der Waals surface area (Å²) in [7, 11) is 0. The molecule has 5 nitrogen and oxygen atoms in total. The summed E-state index contributed by atoms with van der Waals surface area (Å²) in [6, 6.07) is 4.29. The molecule has 0 saturated heterocycles. The molecule has 108 valence electrons. The first kappa shape index (κ1) is 14.4. The number of H-pyrrole nitrogens is 1. The number of nitrogens with one attached hydrogen (secondary N) is 2. The molecule has 2 N–H and O–H groups in total. The van der Waals surface area contributed by atoms with Crippen molar-refractivity contribution in [3.05, 3.63) is 35.9 Å². The molecule has 2 aromatic heterocycles. The highest BCUT2D eigenvalue weighted by Gasteiger charge is 2.04. The van der Waals surface area contributed by atoms with Crippen LogP contribution in [0.15, 0.2) is 24.5 Å². The Bertz CT molecular complexity index is 523. The number of aryl methyl sites for hydroxylation is 2. The Labute approximate surface area is 119 Å². The van der Waals surface area contributed by atoms with Crippen molar-refractivity contribution in [3.8, 4) is 0 Å². The van der Waals surface area contributed by atoms with Crippen LogP contribution in [0.1, 0.15) is 37.1 Å². The number of aromatic amines is 1. The third-order valence-electron chi connectivity index (χ3n) is 3.46. The van der Waals surface area contributed by atoms with Crippen LogP contribution in [-0.2, 0) is 11.3 Å². The van der Waals surface area contributed by atoms with Gasteiger partial charge in [-0.1, -0.05) is 6.42 Å². The Morgan fingerprint density at radius 1 is 1.25 bits per heavy atom. The van der Waals surface area contributed by atoms with E-state index in [1.54, 1.807) is 12.4 Å². The Hall–Kier alpha value is -2.04. The molecule has 0 aliphatic heterocycles. The van der Waals surface area contributed by atoms with Crippen LogP contribution in [0.3, 0.4) is 0 Å². The van der Waals surface area contributed by atoms with E-state index in [0.717, 1.165) is 25.8 Å². The number of carbonyl (C=O) groups is 1. The van der Waals surface area contributed by atoms with Gasteiger partial charge in [-0.25, -0.2) is 4.98 Å². The molecule has 1 amide bonds. The largest absolute Gasteiger partial charge is 0.349 e. The van der Waals surface area contributed by atoms with Crippen LogP contribution in [0.5, 0.6) is 0 Å². The van der Waals surface area contributed by atoms with Gasteiger partial charge in [-0.3, -0.25) is 10.1 Å². The van der Waals surface area contributed by atoms with E-state index in [9.17, 15) is 4.79 Å². The summed E-state index contributed by atoms with van der Waals surface area (Å²) in [6.07, 6.45) is 6.93. The summed E-state index contributed by atoms with van der Waals surface area (Å²) in [6.45, 7) is 5.29. The minimum atomic E-state index is 0.0216. The lowest BCUT2D eigenvalue weighted by molar-refractivity contribution is -0.116. The lowest BCUT2D eigenvalue weighted by Gasteiger charge is -2.08. The second-order valence-electron chi connectivity index (χ2n) is 5.06. The molecular formula is C15H22N4O. The predicted molar refractivity (Wildman–Crippen MR) is 79.6 cm³/mol. The minimum Gasteiger partial charge on any atom is -0.349 e. The molecule has 2 rings (SSSR count). The molecule has 0 unspecified atom stereocenters. The quantitative estimate of drug-likeness (QED) is 0.762. The van der Waals surface area contributed by atoms with Gasteiger partial charge in [-0.2, -0.15) is 0 Å². The smallest absolute Gasteiger partial charge is 0.226 e. The molecule has 0 aromatic carbocycles. The van der Waals surface area contributed by atoms with Gasteiger partial charge in [0.25, 0.3) is 0 Å². The van der Waals surface area contributed by atoms with Crippen LogP contribution in [-0.4, -0.2) is 20.4 Å².